The van der Waals surface area contributed by atoms with Crippen LogP contribution in [-0.4, -0.2) is 101 Å². The average Bonchev–Trinajstić information content (AvgIpc) is 3.60. The fourth-order valence-corrected chi connectivity index (χ4v) is 7.48. The van der Waals surface area contributed by atoms with E-state index in [4.69, 9.17) is 21.3 Å². The van der Waals surface area contributed by atoms with E-state index in [9.17, 15) is 23.9 Å². The van der Waals surface area contributed by atoms with Gasteiger partial charge in [0.25, 0.3) is 0 Å². The third-order valence-electron chi connectivity index (χ3n) is 9.21. The summed E-state index contributed by atoms with van der Waals surface area (Å²) in [7, 11) is 1.29. The Labute approximate surface area is 257 Å². The first-order valence-corrected chi connectivity index (χ1v) is 15.4. The average molecular weight is 631 g/mol. The second kappa shape index (κ2) is 11.5. The molecular weight excluding hydrogens is 599 g/mol. The van der Waals surface area contributed by atoms with Crippen LogP contribution in [-0.2, 0) is 14.3 Å². The van der Waals surface area contributed by atoms with Crippen molar-refractivity contribution in [2.24, 2.45) is 10.4 Å². The molecule has 0 spiro atoms. The summed E-state index contributed by atoms with van der Waals surface area (Å²) >= 11 is 7.84. The number of nitrogens with zero attached hydrogens (tertiary/aromatic N) is 5. The number of fused-ring (bicyclic) bond motifs is 1. The number of aromatic nitrogens is 1. The lowest BCUT2D eigenvalue weighted by Gasteiger charge is -2.45. The molecule has 3 atom stereocenters. The van der Waals surface area contributed by atoms with Gasteiger partial charge in [-0.3, -0.25) is 14.7 Å². The van der Waals surface area contributed by atoms with Crippen molar-refractivity contribution in [1.82, 2.24) is 25.0 Å². The number of methoxy groups -OCH3 is 1. The molecule has 2 N–H and O–H groups in total. The lowest BCUT2D eigenvalue weighted by atomic mass is 9.64. The fourth-order valence-electron chi connectivity index (χ4n) is 6.62. The summed E-state index contributed by atoms with van der Waals surface area (Å²) in [5.74, 6) is -1.49. The van der Waals surface area contributed by atoms with E-state index in [1.807, 2.05) is 17.2 Å². The second-order valence-electron chi connectivity index (χ2n) is 11.4. The highest BCUT2D eigenvalue weighted by atomic mass is 35.5. The van der Waals surface area contributed by atoms with Crippen LogP contribution in [0.1, 0.15) is 42.8 Å². The third kappa shape index (κ3) is 5.17. The van der Waals surface area contributed by atoms with Crippen LogP contribution >= 0.6 is 22.9 Å². The molecule has 2 aromatic rings. The number of hydrogen-bond acceptors (Lipinski definition) is 9. The number of nitrogens with one attached hydrogen (secondary N) is 1. The van der Waals surface area contributed by atoms with Crippen LogP contribution in [0.3, 0.4) is 0 Å². The Balaban J connectivity index is 1.28. The minimum Gasteiger partial charge on any atom is -0.481 e. The molecule has 1 saturated carbocycles. The van der Waals surface area contributed by atoms with Crippen LogP contribution < -0.4 is 5.32 Å². The number of benzene rings is 1. The zero-order chi connectivity index (χ0) is 30.5. The first-order valence-electron chi connectivity index (χ1n) is 14.2. The molecule has 0 radical (unpaired) electrons. The van der Waals surface area contributed by atoms with Crippen LogP contribution in [0.5, 0.6) is 0 Å². The normalized spacial score (nSPS) is 24.2. The molecule has 6 rings (SSSR count). The standard InChI is InChI=1S/C29H32ClFN6O5S/c1-16(29(27(39)40)6-3-7-29)37-14-18-13-35(9-10-36(18)28(37)41)15-21-22(26(38)42-2)23(19-5-4-17(31)12-20(19)30)34-24(33-21)25-32-8-11-43-25/h4-5,8,11-12,16,18,23H,3,6-7,9-10,13-15H2,1-2H3,(H,33,34)(H,39,40)/t16-,18-,23-/m0/s1. The number of piperazine rings is 1. The highest BCUT2D eigenvalue weighted by Crippen LogP contribution is 2.47. The lowest BCUT2D eigenvalue weighted by molar-refractivity contribution is -0.159. The summed E-state index contributed by atoms with van der Waals surface area (Å²) in [6.45, 7) is 4.13. The van der Waals surface area contributed by atoms with E-state index in [1.165, 1.54) is 36.6 Å². The monoisotopic (exact) mass is 630 g/mol. The number of thiazole rings is 1. The van der Waals surface area contributed by atoms with Gasteiger partial charge in [-0.15, -0.1) is 11.3 Å². The highest BCUT2D eigenvalue weighted by molar-refractivity contribution is 7.11. The van der Waals surface area contributed by atoms with Gasteiger partial charge in [-0.25, -0.2) is 19.0 Å². The Morgan fingerprint density at radius 3 is 2.72 bits per heavy atom. The minimum atomic E-state index is -0.890. The maximum Gasteiger partial charge on any atom is 0.338 e. The van der Waals surface area contributed by atoms with E-state index < -0.39 is 35.3 Å². The van der Waals surface area contributed by atoms with E-state index in [0.717, 1.165) is 6.42 Å². The predicted octanol–water partition coefficient (Wildman–Crippen LogP) is 3.52. The van der Waals surface area contributed by atoms with Crippen molar-refractivity contribution in [3.63, 3.8) is 0 Å². The molecule has 1 aromatic carbocycles. The topological polar surface area (TPSA) is 128 Å². The van der Waals surface area contributed by atoms with Crippen LogP contribution in [0.25, 0.3) is 0 Å². The highest BCUT2D eigenvalue weighted by Gasteiger charge is 2.54. The number of aliphatic imine (C=N–C) groups is 1. The number of ether oxygens (including phenoxy) is 1. The van der Waals surface area contributed by atoms with Gasteiger partial charge >= 0.3 is 18.0 Å². The van der Waals surface area contributed by atoms with Gasteiger partial charge in [0.15, 0.2) is 10.8 Å². The number of hydrogen-bond donors (Lipinski definition) is 2. The molecule has 2 saturated heterocycles. The number of amidine groups is 1. The van der Waals surface area contributed by atoms with Gasteiger partial charge in [-0.05, 0) is 31.9 Å². The van der Waals surface area contributed by atoms with E-state index in [1.54, 1.807) is 11.1 Å². The van der Waals surface area contributed by atoms with Crippen molar-refractivity contribution >= 4 is 46.7 Å². The molecule has 3 aliphatic heterocycles. The van der Waals surface area contributed by atoms with Crippen molar-refractivity contribution in [1.29, 1.82) is 0 Å². The Morgan fingerprint density at radius 2 is 2.09 bits per heavy atom. The summed E-state index contributed by atoms with van der Waals surface area (Å²) in [6.07, 6.45) is 3.65. The smallest absolute Gasteiger partial charge is 0.338 e. The number of urea groups is 1. The molecule has 0 bridgehead atoms. The Morgan fingerprint density at radius 1 is 1.30 bits per heavy atom. The van der Waals surface area contributed by atoms with Crippen molar-refractivity contribution in [3.8, 4) is 0 Å². The Kier molecular flexibility index (Phi) is 7.90. The number of amides is 2. The lowest BCUT2D eigenvalue weighted by Crippen LogP contribution is -2.55. The number of aliphatic carboxylic acids is 1. The molecule has 3 fully saturated rings. The Hall–Kier alpha value is -3.55. The maximum atomic E-state index is 14.0. The number of esters is 1. The number of halogens is 2. The molecule has 4 aliphatic rings. The van der Waals surface area contributed by atoms with E-state index in [0.29, 0.717) is 67.7 Å². The minimum absolute atomic E-state index is 0.126. The SMILES string of the molecule is COC(=O)C1=C(CN2CCN3C(=O)N([C@@H](C)C4(C(=O)O)CCC4)C[C@@H]3C2)NC(c2nccs2)=N[C@H]1c1ccc(F)cc1Cl. The fraction of sp³-hybridized carbons (Fsp3) is 0.483. The van der Waals surface area contributed by atoms with Gasteiger partial charge in [0.2, 0.25) is 0 Å². The summed E-state index contributed by atoms with van der Waals surface area (Å²) in [4.78, 5) is 53.7. The maximum absolute atomic E-state index is 14.0. The predicted molar refractivity (Wildman–Crippen MR) is 157 cm³/mol. The van der Waals surface area contributed by atoms with Gasteiger partial charge in [0, 0.05) is 66.6 Å². The van der Waals surface area contributed by atoms with Crippen molar-refractivity contribution in [2.75, 3.05) is 39.8 Å². The number of carboxylic acid groups (broad SMARTS) is 1. The van der Waals surface area contributed by atoms with Crippen molar-refractivity contribution in [2.45, 2.75) is 44.3 Å². The first kappa shape index (κ1) is 29.5. The van der Waals surface area contributed by atoms with E-state index in [2.05, 4.69) is 15.2 Å². The molecule has 0 unspecified atom stereocenters. The van der Waals surface area contributed by atoms with E-state index >= 15 is 0 Å². The number of rotatable bonds is 8. The number of carboxylic acids is 1. The summed E-state index contributed by atoms with van der Waals surface area (Å²) in [6, 6.07) is 2.45. The summed E-state index contributed by atoms with van der Waals surface area (Å²) in [5.41, 5.74) is 0.374. The number of carbonyl (C=O) groups is 3. The zero-order valence-corrected chi connectivity index (χ0v) is 25.3. The second-order valence-corrected chi connectivity index (χ2v) is 12.7. The largest absolute Gasteiger partial charge is 0.481 e. The third-order valence-corrected chi connectivity index (χ3v) is 10.3. The molecular formula is C29H32ClFN6O5S. The van der Waals surface area contributed by atoms with Gasteiger partial charge in [0.05, 0.1) is 24.1 Å². The van der Waals surface area contributed by atoms with Gasteiger partial charge in [-0.2, -0.15) is 0 Å². The van der Waals surface area contributed by atoms with Crippen LogP contribution in [0, 0.1) is 11.2 Å². The van der Waals surface area contributed by atoms with Gasteiger partial charge in [0.1, 0.15) is 11.9 Å². The Bertz CT molecular complexity index is 1510. The van der Waals surface area contributed by atoms with Gasteiger partial charge in [-0.1, -0.05) is 24.1 Å². The molecule has 1 aromatic heterocycles. The van der Waals surface area contributed by atoms with Crippen molar-refractivity contribution in [3.05, 3.63) is 62.5 Å². The zero-order valence-electron chi connectivity index (χ0n) is 23.8. The molecule has 4 heterocycles. The molecule has 2 amide bonds. The van der Waals surface area contributed by atoms with E-state index in [-0.39, 0.29) is 22.7 Å². The molecule has 11 nitrogen and oxygen atoms in total. The van der Waals surface area contributed by atoms with Crippen LogP contribution in [0.15, 0.2) is 46.0 Å². The quantitative estimate of drug-likeness (QED) is 0.424. The van der Waals surface area contributed by atoms with Gasteiger partial charge < -0.3 is 25.0 Å². The molecule has 1 aliphatic carbocycles. The summed E-state index contributed by atoms with van der Waals surface area (Å²) < 4.78 is 19.1. The molecule has 14 heteroatoms. The summed E-state index contributed by atoms with van der Waals surface area (Å²) in [5, 5.41) is 15.8. The van der Waals surface area contributed by atoms with Crippen molar-refractivity contribution < 1.29 is 28.6 Å². The number of carbonyl (C=O) groups excluding carboxylic acids is 2. The molecule has 43 heavy (non-hydrogen) atoms. The van der Waals surface area contributed by atoms with Crippen LogP contribution in [0.4, 0.5) is 9.18 Å². The van der Waals surface area contributed by atoms with Crippen LogP contribution in [0.2, 0.25) is 5.02 Å². The molecule has 228 valence electrons. The first-order chi connectivity index (χ1) is 20.6.